The predicted octanol–water partition coefficient (Wildman–Crippen LogP) is 6.90. The summed E-state index contributed by atoms with van der Waals surface area (Å²) in [5.74, 6) is 0.811. The lowest BCUT2D eigenvalue weighted by atomic mass is 9.87. The summed E-state index contributed by atoms with van der Waals surface area (Å²) in [6.07, 6.45) is 1.05. The second kappa shape index (κ2) is 7.93. The Morgan fingerprint density at radius 1 is 0.679 bits per heavy atom. The lowest BCUT2D eigenvalue weighted by molar-refractivity contribution is 0.580. The highest BCUT2D eigenvalue weighted by Crippen LogP contribution is 2.35. The summed E-state index contributed by atoms with van der Waals surface area (Å²) in [5.41, 5.74) is 5.82. The van der Waals surface area contributed by atoms with Crippen molar-refractivity contribution in [1.82, 2.24) is 10.2 Å². The van der Waals surface area contributed by atoms with Crippen molar-refractivity contribution in [3.05, 3.63) is 95.7 Å². The molecule has 28 heavy (non-hydrogen) atoms. The van der Waals surface area contributed by atoms with Gasteiger partial charge in [-0.25, -0.2) is 0 Å². The molecule has 0 saturated carbocycles. The molecule has 3 aromatic carbocycles. The second-order valence-corrected chi connectivity index (χ2v) is 7.74. The van der Waals surface area contributed by atoms with Gasteiger partial charge in [-0.15, -0.1) is 5.10 Å². The van der Waals surface area contributed by atoms with Crippen LogP contribution >= 0.6 is 0 Å². The predicted molar refractivity (Wildman–Crippen MR) is 118 cm³/mol. The highest BCUT2D eigenvalue weighted by atomic mass is 15.1. The van der Waals surface area contributed by atoms with Crippen molar-refractivity contribution in [3.63, 3.8) is 0 Å². The zero-order valence-corrected chi connectivity index (χ0v) is 16.8. The van der Waals surface area contributed by atoms with Crippen LogP contribution in [0.2, 0.25) is 0 Å². The average Bonchev–Trinajstić information content (AvgIpc) is 2.74. The fourth-order valence-corrected chi connectivity index (χ4v) is 4.09. The Balaban J connectivity index is 1.73. The Kier molecular flexibility index (Phi) is 5.21. The molecule has 2 unspecified atom stereocenters. The Bertz CT molecular complexity index is 1090. The number of aromatic nitrogens is 2. The molecule has 2 heteroatoms. The monoisotopic (exact) mass is 366 g/mol. The minimum absolute atomic E-state index is 0.332. The molecule has 0 fully saturated rings. The lowest BCUT2D eigenvalue weighted by Gasteiger charge is -2.19. The quantitative estimate of drug-likeness (QED) is 0.384. The smallest absolute Gasteiger partial charge is 0.101 e. The summed E-state index contributed by atoms with van der Waals surface area (Å²) < 4.78 is 0. The fraction of sp³-hybridized carbons (Fsp3) is 0.231. The summed E-state index contributed by atoms with van der Waals surface area (Å²) in [4.78, 5) is 0. The SMILES string of the molecule is Cc1ccccc1-c1nnc(C(C)CC(C)c2ccccc2)c2ccccc12. The van der Waals surface area contributed by atoms with E-state index in [4.69, 9.17) is 5.10 Å². The molecule has 0 aliphatic rings. The Morgan fingerprint density at radius 3 is 2.07 bits per heavy atom. The van der Waals surface area contributed by atoms with Crippen molar-refractivity contribution in [3.8, 4) is 11.3 Å². The van der Waals surface area contributed by atoms with Gasteiger partial charge < -0.3 is 0 Å². The van der Waals surface area contributed by atoms with E-state index in [1.807, 2.05) is 0 Å². The maximum absolute atomic E-state index is 4.72. The van der Waals surface area contributed by atoms with E-state index in [2.05, 4.69) is 105 Å². The number of hydrogen-bond acceptors (Lipinski definition) is 2. The van der Waals surface area contributed by atoms with Gasteiger partial charge in [0, 0.05) is 22.3 Å². The minimum atomic E-state index is 0.332. The molecule has 0 bridgehead atoms. The number of rotatable bonds is 5. The van der Waals surface area contributed by atoms with Gasteiger partial charge in [0.15, 0.2) is 0 Å². The van der Waals surface area contributed by atoms with Crippen LogP contribution in [0.1, 0.15) is 48.9 Å². The summed E-state index contributed by atoms with van der Waals surface area (Å²) in [7, 11) is 0. The third kappa shape index (κ3) is 3.55. The maximum Gasteiger partial charge on any atom is 0.101 e. The Labute approximate surface area is 167 Å². The van der Waals surface area contributed by atoms with Crippen LogP contribution in [0, 0.1) is 6.92 Å². The van der Waals surface area contributed by atoms with E-state index in [0.717, 1.165) is 23.4 Å². The average molecular weight is 367 g/mol. The standard InChI is InChI=1S/C26H26N2/c1-18-11-7-8-14-22(18)26-24-16-10-9-15-23(24)25(27-28-26)20(3)17-19(2)21-12-5-4-6-13-21/h4-16,19-20H,17H2,1-3H3. The molecule has 4 rings (SSSR count). The molecule has 0 aliphatic heterocycles. The fourth-order valence-electron chi connectivity index (χ4n) is 4.09. The molecule has 140 valence electrons. The van der Waals surface area contributed by atoms with Gasteiger partial charge in [-0.1, -0.05) is 92.7 Å². The number of hydrogen-bond donors (Lipinski definition) is 0. The summed E-state index contributed by atoms with van der Waals surface area (Å²) in [6, 6.07) is 27.7. The number of benzene rings is 3. The van der Waals surface area contributed by atoms with Gasteiger partial charge in [0.05, 0.1) is 5.69 Å². The largest absolute Gasteiger partial charge is 0.154 e. The molecule has 0 saturated heterocycles. The highest BCUT2D eigenvalue weighted by molar-refractivity contribution is 5.96. The van der Waals surface area contributed by atoms with Crippen LogP contribution in [0.3, 0.4) is 0 Å². The van der Waals surface area contributed by atoms with E-state index in [1.54, 1.807) is 0 Å². The highest BCUT2D eigenvalue weighted by Gasteiger charge is 2.19. The lowest BCUT2D eigenvalue weighted by Crippen LogP contribution is -2.06. The van der Waals surface area contributed by atoms with E-state index in [0.29, 0.717) is 11.8 Å². The summed E-state index contributed by atoms with van der Waals surface area (Å²) in [6.45, 7) is 6.69. The molecular weight excluding hydrogens is 340 g/mol. The van der Waals surface area contributed by atoms with Crippen molar-refractivity contribution in [2.75, 3.05) is 0 Å². The molecule has 1 heterocycles. The first-order chi connectivity index (χ1) is 13.6. The molecule has 0 spiro atoms. The van der Waals surface area contributed by atoms with E-state index < -0.39 is 0 Å². The van der Waals surface area contributed by atoms with Crippen LogP contribution < -0.4 is 0 Å². The first-order valence-corrected chi connectivity index (χ1v) is 10.0. The third-order valence-corrected chi connectivity index (χ3v) is 5.66. The van der Waals surface area contributed by atoms with Gasteiger partial charge in [0.1, 0.15) is 5.69 Å². The summed E-state index contributed by atoms with van der Waals surface area (Å²) >= 11 is 0. The van der Waals surface area contributed by atoms with E-state index in [9.17, 15) is 0 Å². The molecule has 2 atom stereocenters. The second-order valence-electron chi connectivity index (χ2n) is 7.74. The number of nitrogens with zero attached hydrogens (tertiary/aromatic N) is 2. The van der Waals surface area contributed by atoms with Gasteiger partial charge in [0.25, 0.3) is 0 Å². The van der Waals surface area contributed by atoms with E-state index in [1.165, 1.54) is 21.9 Å². The number of aryl methyl sites for hydroxylation is 1. The molecule has 0 aliphatic carbocycles. The first kappa shape index (κ1) is 18.4. The van der Waals surface area contributed by atoms with E-state index in [-0.39, 0.29) is 0 Å². The van der Waals surface area contributed by atoms with Gasteiger partial charge in [-0.2, -0.15) is 5.10 Å². The molecule has 0 radical (unpaired) electrons. The molecule has 0 amide bonds. The van der Waals surface area contributed by atoms with Crippen molar-refractivity contribution >= 4 is 10.8 Å². The Morgan fingerprint density at radius 2 is 1.32 bits per heavy atom. The Hall–Kier alpha value is -3.00. The van der Waals surface area contributed by atoms with Gasteiger partial charge in [0.2, 0.25) is 0 Å². The molecule has 0 N–H and O–H groups in total. The van der Waals surface area contributed by atoms with Crippen LogP contribution in [0.15, 0.2) is 78.9 Å². The number of fused-ring (bicyclic) bond motifs is 1. The van der Waals surface area contributed by atoms with Crippen molar-refractivity contribution in [1.29, 1.82) is 0 Å². The van der Waals surface area contributed by atoms with E-state index >= 15 is 0 Å². The van der Waals surface area contributed by atoms with Crippen LogP contribution in [-0.2, 0) is 0 Å². The van der Waals surface area contributed by atoms with Crippen molar-refractivity contribution in [2.24, 2.45) is 0 Å². The molecule has 2 nitrogen and oxygen atoms in total. The minimum Gasteiger partial charge on any atom is -0.154 e. The summed E-state index contributed by atoms with van der Waals surface area (Å²) in [5, 5.41) is 11.8. The van der Waals surface area contributed by atoms with Crippen molar-refractivity contribution in [2.45, 2.75) is 39.0 Å². The van der Waals surface area contributed by atoms with Gasteiger partial charge >= 0.3 is 0 Å². The topological polar surface area (TPSA) is 25.8 Å². The van der Waals surface area contributed by atoms with Crippen LogP contribution in [0.25, 0.3) is 22.0 Å². The molecule has 1 aromatic heterocycles. The van der Waals surface area contributed by atoms with Gasteiger partial charge in [-0.3, -0.25) is 0 Å². The first-order valence-electron chi connectivity index (χ1n) is 10.0. The van der Waals surface area contributed by atoms with Crippen molar-refractivity contribution < 1.29 is 0 Å². The van der Waals surface area contributed by atoms with Crippen LogP contribution in [0.5, 0.6) is 0 Å². The molecular formula is C26H26N2. The zero-order valence-electron chi connectivity index (χ0n) is 16.8. The molecule has 4 aromatic rings. The zero-order chi connectivity index (χ0) is 19.5. The van der Waals surface area contributed by atoms with Crippen LogP contribution in [0.4, 0.5) is 0 Å². The third-order valence-electron chi connectivity index (χ3n) is 5.66. The van der Waals surface area contributed by atoms with Gasteiger partial charge in [-0.05, 0) is 30.4 Å². The maximum atomic E-state index is 4.72. The van der Waals surface area contributed by atoms with Crippen LogP contribution in [-0.4, -0.2) is 10.2 Å². The normalized spacial score (nSPS) is 13.4.